The first-order chi connectivity index (χ1) is 8.68. The lowest BCUT2D eigenvalue weighted by Crippen LogP contribution is -2.64. The van der Waals surface area contributed by atoms with E-state index in [4.69, 9.17) is 5.11 Å². The van der Waals surface area contributed by atoms with Crippen molar-refractivity contribution < 1.29 is 27.9 Å². The largest absolute Gasteiger partial charge is 0.479 e. The van der Waals surface area contributed by atoms with Gasteiger partial charge in [0.1, 0.15) is 0 Å². The van der Waals surface area contributed by atoms with E-state index < -0.39 is 23.7 Å². The van der Waals surface area contributed by atoms with Crippen molar-refractivity contribution in [2.45, 2.75) is 25.1 Å². The summed E-state index contributed by atoms with van der Waals surface area (Å²) in [5, 5.41) is 10.3. The van der Waals surface area contributed by atoms with E-state index in [0.717, 1.165) is 5.75 Å². The maximum Gasteiger partial charge on any atom is 0.422 e. The molecule has 0 aliphatic carbocycles. The van der Waals surface area contributed by atoms with Gasteiger partial charge in [-0.1, -0.05) is 0 Å². The van der Waals surface area contributed by atoms with Crippen molar-refractivity contribution in [2.75, 3.05) is 24.6 Å². The third-order valence-electron chi connectivity index (χ3n) is 2.86. The molecule has 0 aromatic heterocycles. The van der Waals surface area contributed by atoms with E-state index >= 15 is 0 Å². The second-order valence-electron chi connectivity index (χ2n) is 4.31. The van der Waals surface area contributed by atoms with Crippen molar-refractivity contribution in [1.29, 1.82) is 0 Å². The van der Waals surface area contributed by atoms with Crippen LogP contribution in [0.15, 0.2) is 0 Å². The summed E-state index contributed by atoms with van der Waals surface area (Å²) < 4.78 is 38.2. The number of rotatable bonds is 2. The Labute approximate surface area is 112 Å². The molecule has 110 valence electrons. The van der Waals surface area contributed by atoms with Crippen molar-refractivity contribution in [2.24, 2.45) is 0 Å². The quantitative estimate of drug-likeness (QED) is 0.811. The van der Waals surface area contributed by atoms with Gasteiger partial charge < -0.3 is 15.3 Å². The fourth-order valence-electron chi connectivity index (χ4n) is 1.49. The van der Waals surface area contributed by atoms with E-state index in [-0.39, 0.29) is 0 Å². The summed E-state index contributed by atoms with van der Waals surface area (Å²) in [6.45, 7) is 1.08. The van der Waals surface area contributed by atoms with Gasteiger partial charge >= 0.3 is 18.2 Å². The number of carbonyl (C=O) groups is 2. The van der Waals surface area contributed by atoms with Crippen LogP contribution in [0.1, 0.15) is 13.3 Å². The van der Waals surface area contributed by atoms with Gasteiger partial charge in [-0.25, -0.2) is 9.59 Å². The number of thioether (sulfide) groups is 1. The van der Waals surface area contributed by atoms with Crippen LogP contribution in [0.2, 0.25) is 0 Å². The number of alkyl halides is 3. The highest BCUT2D eigenvalue weighted by Gasteiger charge is 2.58. The van der Waals surface area contributed by atoms with Gasteiger partial charge in [0.25, 0.3) is 0 Å². The highest BCUT2D eigenvalue weighted by atomic mass is 32.2. The maximum atomic E-state index is 12.7. The minimum absolute atomic E-state index is 0.310. The molecule has 19 heavy (non-hydrogen) atoms. The minimum atomic E-state index is -5.06. The van der Waals surface area contributed by atoms with Crippen molar-refractivity contribution in [3.8, 4) is 0 Å². The summed E-state index contributed by atoms with van der Waals surface area (Å²) in [6, 6.07) is -0.996. The van der Waals surface area contributed by atoms with Gasteiger partial charge in [-0.15, -0.1) is 0 Å². The smallest absolute Gasteiger partial charge is 0.422 e. The van der Waals surface area contributed by atoms with Crippen LogP contribution in [0.5, 0.6) is 0 Å². The molecule has 1 aliphatic heterocycles. The predicted molar refractivity (Wildman–Crippen MR) is 64.1 cm³/mol. The lowest BCUT2D eigenvalue weighted by atomic mass is 10.0. The zero-order valence-corrected chi connectivity index (χ0v) is 11.1. The molecule has 1 heterocycles. The first-order valence-corrected chi connectivity index (χ1v) is 6.79. The van der Waals surface area contributed by atoms with Gasteiger partial charge in [-0.3, -0.25) is 0 Å². The molecule has 0 spiro atoms. The van der Waals surface area contributed by atoms with E-state index in [2.05, 4.69) is 0 Å². The average Bonchev–Trinajstić information content (AvgIpc) is 2.55. The number of aliphatic carboxylic acids is 1. The van der Waals surface area contributed by atoms with Crippen LogP contribution in [0.3, 0.4) is 0 Å². The lowest BCUT2D eigenvalue weighted by molar-refractivity contribution is -0.203. The summed E-state index contributed by atoms with van der Waals surface area (Å²) in [6.07, 6.45) is -4.39. The number of nitrogens with zero attached hydrogens (tertiary/aromatic N) is 1. The number of amides is 2. The molecular formula is C10H15F3N2O3S. The van der Waals surface area contributed by atoms with Crippen LogP contribution in [-0.2, 0) is 4.79 Å². The molecule has 0 aromatic rings. The monoisotopic (exact) mass is 300 g/mol. The number of urea groups is 1. The highest BCUT2D eigenvalue weighted by Crippen LogP contribution is 2.30. The Kier molecular flexibility index (Phi) is 4.94. The topological polar surface area (TPSA) is 69.6 Å². The van der Waals surface area contributed by atoms with E-state index in [1.54, 1.807) is 17.1 Å². The summed E-state index contributed by atoms with van der Waals surface area (Å²) in [4.78, 5) is 23.8. The normalized spacial score (nSPS) is 20.3. The predicted octanol–water partition coefficient (Wildman–Crippen LogP) is 1.54. The number of hydrogen-bond donors (Lipinski definition) is 2. The molecule has 1 fully saturated rings. The van der Waals surface area contributed by atoms with Crippen LogP contribution in [-0.4, -0.2) is 58.3 Å². The van der Waals surface area contributed by atoms with E-state index in [0.29, 0.717) is 32.2 Å². The summed E-state index contributed by atoms with van der Waals surface area (Å²) in [5.41, 5.74) is -3.27. The Morgan fingerprint density at radius 3 is 2.42 bits per heavy atom. The molecule has 0 bridgehead atoms. The SMILES string of the molecule is CC(NC(=O)N1CCCSCC1)(C(=O)O)C(F)(F)F. The summed E-state index contributed by atoms with van der Waals surface area (Å²) in [7, 11) is 0. The number of hydrogen-bond acceptors (Lipinski definition) is 3. The van der Waals surface area contributed by atoms with Crippen molar-refractivity contribution in [3.05, 3.63) is 0 Å². The molecule has 0 saturated carbocycles. The second-order valence-corrected chi connectivity index (χ2v) is 5.54. The summed E-state index contributed by atoms with van der Waals surface area (Å²) >= 11 is 1.61. The van der Waals surface area contributed by atoms with Gasteiger partial charge in [0.15, 0.2) is 0 Å². The molecule has 0 aromatic carbocycles. The zero-order valence-electron chi connectivity index (χ0n) is 10.3. The number of halogens is 3. The first kappa shape index (κ1) is 15.9. The molecule has 9 heteroatoms. The molecule has 0 radical (unpaired) electrons. The molecular weight excluding hydrogens is 285 g/mol. The van der Waals surface area contributed by atoms with Gasteiger partial charge in [0, 0.05) is 18.8 Å². The molecule has 1 aliphatic rings. The zero-order chi connectivity index (χ0) is 14.7. The fraction of sp³-hybridized carbons (Fsp3) is 0.800. The van der Waals surface area contributed by atoms with E-state index in [1.165, 1.54) is 4.90 Å². The van der Waals surface area contributed by atoms with E-state index in [9.17, 15) is 22.8 Å². The molecule has 1 unspecified atom stereocenters. The number of carbonyl (C=O) groups excluding carboxylic acids is 1. The number of carboxylic acids is 1. The Hall–Kier alpha value is -1.12. The molecule has 1 rings (SSSR count). The third kappa shape index (κ3) is 3.68. The molecule has 1 saturated heterocycles. The highest BCUT2D eigenvalue weighted by molar-refractivity contribution is 7.99. The third-order valence-corrected chi connectivity index (χ3v) is 3.91. The Morgan fingerprint density at radius 1 is 1.26 bits per heavy atom. The van der Waals surface area contributed by atoms with Crippen LogP contribution in [0.4, 0.5) is 18.0 Å². The average molecular weight is 300 g/mol. The first-order valence-electron chi connectivity index (χ1n) is 5.63. The second kappa shape index (κ2) is 5.89. The van der Waals surface area contributed by atoms with Crippen molar-refractivity contribution >= 4 is 23.8 Å². The minimum Gasteiger partial charge on any atom is -0.479 e. The molecule has 1 atom stereocenters. The number of nitrogens with one attached hydrogen (secondary N) is 1. The molecule has 5 nitrogen and oxygen atoms in total. The van der Waals surface area contributed by atoms with Crippen LogP contribution in [0.25, 0.3) is 0 Å². The maximum absolute atomic E-state index is 12.7. The molecule has 2 N–H and O–H groups in total. The van der Waals surface area contributed by atoms with Gasteiger partial charge in [0.05, 0.1) is 0 Å². The lowest BCUT2D eigenvalue weighted by Gasteiger charge is -2.31. The summed E-state index contributed by atoms with van der Waals surface area (Å²) in [5.74, 6) is -0.666. The fourth-order valence-corrected chi connectivity index (χ4v) is 2.37. The van der Waals surface area contributed by atoms with Crippen molar-refractivity contribution in [1.82, 2.24) is 10.2 Å². The van der Waals surface area contributed by atoms with Crippen LogP contribution >= 0.6 is 11.8 Å². The Bertz CT molecular complexity index is 356. The van der Waals surface area contributed by atoms with Crippen LogP contribution < -0.4 is 5.32 Å². The Balaban J connectivity index is 2.79. The standard InChI is InChI=1S/C10H15F3N2O3S/c1-9(7(16)17,10(11,12)13)14-8(18)15-3-2-5-19-6-4-15/h2-6H2,1H3,(H,14,18)(H,16,17). The van der Waals surface area contributed by atoms with Gasteiger partial charge in [-0.05, 0) is 19.1 Å². The van der Waals surface area contributed by atoms with Gasteiger partial charge in [-0.2, -0.15) is 24.9 Å². The Morgan fingerprint density at radius 2 is 1.89 bits per heavy atom. The number of carboxylic acid groups (broad SMARTS) is 1. The van der Waals surface area contributed by atoms with Crippen LogP contribution in [0, 0.1) is 0 Å². The van der Waals surface area contributed by atoms with E-state index in [1.807, 2.05) is 0 Å². The van der Waals surface area contributed by atoms with Crippen molar-refractivity contribution in [3.63, 3.8) is 0 Å². The molecule has 2 amide bonds. The van der Waals surface area contributed by atoms with Gasteiger partial charge in [0.2, 0.25) is 5.54 Å².